The predicted octanol–water partition coefficient (Wildman–Crippen LogP) is 2.99. The number of likely N-dealkylation sites (tertiary alicyclic amines) is 1. The van der Waals surface area contributed by atoms with Crippen molar-refractivity contribution in [3.63, 3.8) is 0 Å². The molecule has 0 N–H and O–H groups in total. The summed E-state index contributed by atoms with van der Waals surface area (Å²) in [7, 11) is 0. The molecule has 78 valence electrons. The van der Waals surface area contributed by atoms with Crippen molar-refractivity contribution in [3.05, 3.63) is 23.8 Å². The summed E-state index contributed by atoms with van der Waals surface area (Å²) in [6.45, 7) is 6.21. The molecule has 0 aromatic rings. The number of hydrogen-bond acceptors (Lipinski definition) is 1. The van der Waals surface area contributed by atoms with Gasteiger partial charge in [0.25, 0.3) is 0 Å². The number of allylic oxidation sites excluding steroid dienone is 3. The Morgan fingerprint density at radius 1 is 1.36 bits per heavy atom. The summed E-state index contributed by atoms with van der Waals surface area (Å²) in [5, 5.41) is 0. The maximum absolute atomic E-state index is 2.62. The first-order chi connectivity index (χ1) is 6.84. The molecule has 1 nitrogen and oxygen atoms in total. The number of nitrogens with zero attached hydrogens (tertiary/aromatic N) is 1. The molecule has 0 unspecified atom stereocenters. The molecule has 1 heterocycles. The van der Waals surface area contributed by atoms with Crippen molar-refractivity contribution in [3.8, 4) is 0 Å². The van der Waals surface area contributed by atoms with Crippen LogP contribution in [0.4, 0.5) is 0 Å². The van der Waals surface area contributed by atoms with Crippen LogP contribution in [0.15, 0.2) is 23.8 Å². The molecule has 2 aliphatic rings. The molecule has 0 spiro atoms. The third kappa shape index (κ3) is 2.71. The zero-order chi connectivity index (χ0) is 9.80. The van der Waals surface area contributed by atoms with Crippen molar-refractivity contribution in [2.45, 2.75) is 32.6 Å². The lowest BCUT2D eigenvalue weighted by Gasteiger charge is -2.31. The van der Waals surface area contributed by atoms with Gasteiger partial charge in [0.05, 0.1) is 0 Å². The first kappa shape index (κ1) is 9.97. The van der Waals surface area contributed by atoms with Gasteiger partial charge in [-0.25, -0.2) is 0 Å². The molecule has 1 aliphatic carbocycles. The van der Waals surface area contributed by atoms with Crippen molar-refractivity contribution in [2.24, 2.45) is 5.92 Å². The van der Waals surface area contributed by atoms with E-state index in [1.54, 1.807) is 5.57 Å². The van der Waals surface area contributed by atoms with Crippen molar-refractivity contribution in [1.29, 1.82) is 0 Å². The van der Waals surface area contributed by atoms with Crippen LogP contribution in [-0.4, -0.2) is 24.5 Å². The monoisotopic (exact) mass is 191 g/mol. The Kier molecular flexibility index (Phi) is 3.41. The average molecular weight is 191 g/mol. The van der Waals surface area contributed by atoms with Crippen LogP contribution in [0.5, 0.6) is 0 Å². The molecule has 0 atom stereocenters. The highest BCUT2D eigenvalue weighted by atomic mass is 15.1. The van der Waals surface area contributed by atoms with Gasteiger partial charge in [0, 0.05) is 6.54 Å². The Morgan fingerprint density at radius 3 is 2.79 bits per heavy atom. The second kappa shape index (κ2) is 4.79. The van der Waals surface area contributed by atoms with Gasteiger partial charge in [-0.2, -0.15) is 0 Å². The smallest absolute Gasteiger partial charge is 0.0196 e. The summed E-state index contributed by atoms with van der Waals surface area (Å²) in [6, 6.07) is 0. The molecule has 0 amide bonds. The first-order valence-electron chi connectivity index (χ1n) is 5.91. The van der Waals surface area contributed by atoms with E-state index in [0.29, 0.717) is 0 Å². The van der Waals surface area contributed by atoms with Crippen molar-refractivity contribution in [2.75, 3.05) is 19.6 Å². The van der Waals surface area contributed by atoms with Crippen molar-refractivity contribution < 1.29 is 0 Å². The van der Waals surface area contributed by atoms with Crippen LogP contribution in [0.2, 0.25) is 0 Å². The highest BCUT2D eigenvalue weighted by Gasteiger charge is 2.16. The fourth-order valence-corrected chi connectivity index (χ4v) is 2.29. The summed E-state index contributed by atoms with van der Waals surface area (Å²) < 4.78 is 0. The van der Waals surface area contributed by atoms with Gasteiger partial charge in [0.15, 0.2) is 0 Å². The van der Waals surface area contributed by atoms with Crippen LogP contribution in [0, 0.1) is 5.92 Å². The lowest BCUT2D eigenvalue weighted by Crippen LogP contribution is -2.34. The second-order valence-corrected chi connectivity index (χ2v) is 4.75. The van der Waals surface area contributed by atoms with Crippen LogP contribution < -0.4 is 0 Å². The number of hydrogen-bond donors (Lipinski definition) is 0. The largest absolute Gasteiger partial charge is 0.299 e. The molecule has 14 heavy (non-hydrogen) atoms. The summed E-state index contributed by atoms with van der Waals surface area (Å²) in [5.74, 6) is 0.950. The quantitative estimate of drug-likeness (QED) is 0.648. The van der Waals surface area contributed by atoms with Gasteiger partial charge in [-0.3, -0.25) is 4.90 Å². The maximum Gasteiger partial charge on any atom is 0.0196 e. The molecule has 0 aromatic carbocycles. The van der Waals surface area contributed by atoms with Crippen LogP contribution in [0.3, 0.4) is 0 Å². The summed E-state index contributed by atoms with van der Waals surface area (Å²) in [4.78, 5) is 2.62. The highest BCUT2D eigenvalue weighted by Crippen LogP contribution is 2.19. The normalized spacial score (nSPS) is 25.1. The Morgan fingerprint density at radius 2 is 2.14 bits per heavy atom. The van der Waals surface area contributed by atoms with E-state index in [0.717, 1.165) is 5.92 Å². The molecule has 1 fully saturated rings. The first-order valence-corrected chi connectivity index (χ1v) is 5.91. The van der Waals surface area contributed by atoms with Crippen LogP contribution >= 0.6 is 0 Å². The SMILES string of the molecule is CC1CCN(CC2=CC=CCC2)CC1. The molecule has 0 saturated carbocycles. The van der Waals surface area contributed by atoms with Crippen LogP contribution in [0.25, 0.3) is 0 Å². The Labute approximate surface area is 87.5 Å². The topological polar surface area (TPSA) is 3.24 Å². The Bertz CT molecular complexity index is 232. The lowest BCUT2D eigenvalue weighted by atomic mass is 9.97. The molecule has 0 aromatic heterocycles. The zero-order valence-electron chi connectivity index (χ0n) is 9.21. The van der Waals surface area contributed by atoms with Gasteiger partial charge in [-0.05, 0) is 44.7 Å². The molecular formula is C13H21N. The van der Waals surface area contributed by atoms with Gasteiger partial charge in [0.1, 0.15) is 0 Å². The lowest BCUT2D eigenvalue weighted by molar-refractivity contribution is 0.205. The van der Waals surface area contributed by atoms with Gasteiger partial charge >= 0.3 is 0 Å². The summed E-state index contributed by atoms with van der Waals surface area (Å²) >= 11 is 0. The summed E-state index contributed by atoms with van der Waals surface area (Å²) in [5.41, 5.74) is 1.63. The second-order valence-electron chi connectivity index (χ2n) is 4.75. The van der Waals surface area contributed by atoms with E-state index in [1.165, 1.54) is 45.3 Å². The fraction of sp³-hybridized carbons (Fsp3) is 0.692. The Balaban J connectivity index is 1.80. The molecule has 1 heteroatoms. The number of piperidine rings is 1. The highest BCUT2D eigenvalue weighted by molar-refractivity contribution is 5.18. The minimum atomic E-state index is 0.950. The van der Waals surface area contributed by atoms with Gasteiger partial charge in [-0.15, -0.1) is 0 Å². The third-order valence-electron chi connectivity index (χ3n) is 3.40. The van der Waals surface area contributed by atoms with Gasteiger partial charge in [-0.1, -0.05) is 30.7 Å². The predicted molar refractivity (Wildman–Crippen MR) is 61.3 cm³/mol. The average Bonchev–Trinajstić information content (AvgIpc) is 2.23. The van der Waals surface area contributed by atoms with Gasteiger partial charge < -0.3 is 0 Å². The standard InChI is InChI=1S/C13H21N/c1-12-7-9-14(10-8-12)11-13-5-3-2-4-6-13/h2-3,5,12H,4,6-11H2,1H3. The van der Waals surface area contributed by atoms with Crippen LogP contribution in [-0.2, 0) is 0 Å². The van der Waals surface area contributed by atoms with E-state index in [2.05, 4.69) is 30.1 Å². The van der Waals surface area contributed by atoms with E-state index >= 15 is 0 Å². The maximum atomic E-state index is 2.62. The number of rotatable bonds is 2. The van der Waals surface area contributed by atoms with E-state index in [4.69, 9.17) is 0 Å². The molecule has 0 radical (unpaired) electrons. The van der Waals surface area contributed by atoms with E-state index in [9.17, 15) is 0 Å². The van der Waals surface area contributed by atoms with Gasteiger partial charge in [0.2, 0.25) is 0 Å². The zero-order valence-corrected chi connectivity index (χ0v) is 9.21. The van der Waals surface area contributed by atoms with E-state index in [-0.39, 0.29) is 0 Å². The van der Waals surface area contributed by atoms with Crippen molar-refractivity contribution in [1.82, 2.24) is 4.90 Å². The minimum Gasteiger partial charge on any atom is -0.299 e. The Hall–Kier alpha value is -0.560. The molecule has 0 bridgehead atoms. The minimum absolute atomic E-state index is 0.950. The van der Waals surface area contributed by atoms with E-state index in [1.807, 2.05) is 0 Å². The molecule has 1 saturated heterocycles. The van der Waals surface area contributed by atoms with Crippen molar-refractivity contribution >= 4 is 0 Å². The summed E-state index contributed by atoms with van der Waals surface area (Å²) in [6.07, 6.45) is 12.1. The molecular weight excluding hydrogens is 170 g/mol. The molecule has 1 aliphatic heterocycles. The third-order valence-corrected chi connectivity index (χ3v) is 3.40. The van der Waals surface area contributed by atoms with Crippen LogP contribution in [0.1, 0.15) is 32.6 Å². The fourth-order valence-electron chi connectivity index (χ4n) is 2.29. The molecule has 2 rings (SSSR count). The van der Waals surface area contributed by atoms with E-state index < -0.39 is 0 Å².